The average molecular weight is 386 g/mol. The summed E-state index contributed by atoms with van der Waals surface area (Å²) < 4.78 is 32.1. The summed E-state index contributed by atoms with van der Waals surface area (Å²) in [4.78, 5) is 23.5. The lowest BCUT2D eigenvalue weighted by Gasteiger charge is -2.41. The van der Waals surface area contributed by atoms with Gasteiger partial charge in [-0.05, 0) is 19.9 Å². The monoisotopic (exact) mass is 386 g/mol. The fourth-order valence-corrected chi connectivity index (χ4v) is 4.32. The molecule has 0 unspecified atom stereocenters. The molecule has 11 heteroatoms. The molecule has 1 aliphatic rings. The number of nitrogens with two attached hydrogens (primary N) is 1. The Balaban J connectivity index is 2.25. The number of nitro benzene ring substituents is 1. The van der Waals surface area contributed by atoms with Crippen LogP contribution in [0.1, 0.15) is 13.8 Å². The van der Waals surface area contributed by atoms with Crippen molar-refractivity contribution in [2.24, 2.45) is 5.73 Å². The smallest absolute Gasteiger partial charge is 0.273 e. The van der Waals surface area contributed by atoms with E-state index in [0.29, 0.717) is 13.1 Å². The second kappa shape index (κ2) is 7.17. The number of ether oxygens (including phenoxy) is 1. The molecule has 1 aromatic carbocycles. The molecule has 0 radical (unpaired) electrons. The zero-order chi connectivity index (χ0) is 19.7. The molecule has 1 heterocycles. The van der Waals surface area contributed by atoms with Crippen LogP contribution in [0.4, 0.5) is 5.69 Å². The van der Waals surface area contributed by atoms with Crippen molar-refractivity contribution in [3.8, 4) is 5.75 Å². The van der Waals surface area contributed by atoms with E-state index in [2.05, 4.69) is 0 Å². The van der Waals surface area contributed by atoms with Gasteiger partial charge in [-0.2, -0.15) is 4.31 Å². The normalized spacial score (nSPS) is 17.0. The highest BCUT2D eigenvalue weighted by Gasteiger charge is 2.38. The van der Waals surface area contributed by atoms with Crippen LogP contribution in [-0.4, -0.2) is 67.3 Å². The topological polar surface area (TPSA) is 136 Å². The summed E-state index contributed by atoms with van der Waals surface area (Å²) in [5.41, 5.74) is 4.28. The summed E-state index contributed by atoms with van der Waals surface area (Å²) in [7, 11) is -2.64. The molecule has 1 aromatic rings. The van der Waals surface area contributed by atoms with Crippen molar-refractivity contribution in [1.82, 2.24) is 9.21 Å². The van der Waals surface area contributed by atoms with E-state index < -0.39 is 26.4 Å². The van der Waals surface area contributed by atoms with Crippen LogP contribution in [-0.2, 0) is 14.8 Å². The quantitative estimate of drug-likeness (QED) is 0.544. The van der Waals surface area contributed by atoms with E-state index in [1.54, 1.807) is 13.8 Å². The average Bonchev–Trinajstić information content (AvgIpc) is 2.60. The third-order valence-electron chi connectivity index (χ3n) is 4.61. The third kappa shape index (κ3) is 3.64. The van der Waals surface area contributed by atoms with Crippen molar-refractivity contribution in [2.45, 2.75) is 24.3 Å². The lowest BCUT2D eigenvalue weighted by Crippen LogP contribution is -2.60. The number of hydrogen-bond acceptors (Lipinski definition) is 7. The number of non-ortho nitro benzene ring substituents is 1. The number of hydrogen-bond donors (Lipinski definition) is 1. The number of nitro groups is 1. The Hall–Kier alpha value is -2.24. The molecular weight excluding hydrogens is 364 g/mol. The number of benzene rings is 1. The van der Waals surface area contributed by atoms with Gasteiger partial charge in [-0.3, -0.25) is 19.8 Å². The largest absolute Gasteiger partial charge is 0.495 e. The number of amides is 1. The zero-order valence-corrected chi connectivity index (χ0v) is 15.7. The maximum atomic E-state index is 12.9. The molecule has 0 saturated carbocycles. The van der Waals surface area contributed by atoms with Gasteiger partial charge in [0.2, 0.25) is 15.9 Å². The molecule has 0 atom stereocenters. The van der Waals surface area contributed by atoms with E-state index in [-0.39, 0.29) is 29.4 Å². The van der Waals surface area contributed by atoms with Crippen LogP contribution < -0.4 is 10.5 Å². The molecule has 0 aliphatic carbocycles. The molecule has 0 spiro atoms. The number of primary amides is 1. The van der Waals surface area contributed by atoms with Crippen LogP contribution in [0.3, 0.4) is 0 Å². The van der Waals surface area contributed by atoms with Crippen LogP contribution in [0.5, 0.6) is 5.75 Å². The Morgan fingerprint density at radius 2 is 1.85 bits per heavy atom. The van der Waals surface area contributed by atoms with Crippen LogP contribution in [0, 0.1) is 10.1 Å². The van der Waals surface area contributed by atoms with Gasteiger partial charge in [-0.1, -0.05) is 0 Å². The summed E-state index contributed by atoms with van der Waals surface area (Å²) in [5.74, 6) is -0.565. The predicted octanol–water partition coefficient (Wildman–Crippen LogP) is 0.174. The highest BCUT2D eigenvalue weighted by Crippen LogP contribution is 2.31. The first kappa shape index (κ1) is 20.1. The predicted molar refractivity (Wildman–Crippen MR) is 93.3 cm³/mol. The minimum absolute atomic E-state index is 0.0842. The van der Waals surface area contributed by atoms with E-state index in [9.17, 15) is 23.3 Å². The number of nitrogens with zero attached hydrogens (tertiary/aromatic N) is 3. The number of rotatable bonds is 6. The first-order chi connectivity index (χ1) is 12.0. The molecule has 26 heavy (non-hydrogen) atoms. The summed E-state index contributed by atoms with van der Waals surface area (Å²) in [6, 6.07) is 3.38. The number of sulfonamides is 1. The second-order valence-electron chi connectivity index (χ2n) is 6.41. The molecule has 2 rings (SSSR count). The fourth-order valence-electron chi connectivity index (χ4n) is 2.77. The van der Waals surface area contributed by atoms with Gasteiger partial charge < -0.3 is 10.5 Å². The van der Waals surface area contributed by atoms with Crippen molar-refractivity contribution >= 4 is 21.6 Å². The molecule has 1 fully saturated rings. The van der Waals surface area contributed by atoms with Crippen molar-refractivity contribution in [2.75, 3.05) is 33.3 Å². The SMILES string of the molecule is COc1cc([N+](=O)[O-])ccc1S(=O)(=O)N1CCN(C(C)(C)C(N)=O)CC1. The molecule has 1 amide bonds. The van der Waals surface area contributed by atoms with Crippen molar-refractivity contribution in [3.05, 3.63) is 28.3 Å². The maximum Gasteiger partial charge on any atom is 0.273 e. The van der Waals surface area contributed by atoms with E-state index >= 15 is 0 Å². The van der Waals surface area contributed by atoms with Crippen LogP contribution in [0.25, 0.3) is 0 Å². The lowest BCUT2D eigenvalue weighted by atomic mass is 10.0. The Morgan fingerprint density at radius 1 is 1.27 bits per heavy atom. The van der Waals surface area contributed by atoms with Crippen LogP contribution in [0.15, 0.2) is 23.1 Å². The summed E-state index contributed by atoms with van der Waals surface area (Å²) in [6.45, 7) is 4.39. The van der Waals surface area contributed by atoms with Gasteiger partial charge >= 0.3 is 0 Å². The molecule has 10 nitrogen and oxygen atoms in total. The fraction of sp³-hybridized carbons (Fsp3) is 0.533. The Kier molecular flexibility index (Phi) is 5.54. The number of methoxy groups -OCH3 is 1. The van der Waals surface area contributed by atoms with E-state index in [0.717, 1.165) is 12.1 Å². The molecule has 1 aliphatic heterocycles. The molecule has 144 valence electrons. The standard InChI is InChI=1S/C15H22N4O6S/c1-15(2,14(16)20)17-6-8-18(9-7-17)26(23,24)13-5-4-11(19(21)22)10-12(13)25-3/h4-5,10H,6-9H2,1-3H3,(H2,16,20). The van der Waals surface area contributed by atoms with Crippen molar-refractivity contribution in [1.29, 1.82) is 0 Å². The van der Waals surface area contributed by atoms with Gasteiger partial charge in [-0.15, -0.1) is 0 Å². The Labute approximate surface area is 151 Å². The van der Waals surface area contributed by atoms with Gasteiger partial charge in [0.15, 0.2) is 0 Å². The van der Waals surface area contributed by atoms with Gasteiger partial charge in [0, 0.05) is 32.2 Å². The number of carbonyl (C=O) groups excluding carboxylic acids is 1. The van der Waals surface area contributed by atoms with E-state index in [4.69, 9.17) is 10.5 Å². The number of carbonyl (C=O) groups is 1. The highest BCUT2D eigenvalue weighted by atomic mass is 32.2. The highest BCUT2D eigenvalue weighted by molar-refractivity contribution is 7.89. The van der Waals surface area contributed by atoms with Gasteiger partial charge in [-0.25, -0.2) is 8.42 Å². The Morgan fingerprint density at radius 3 is 2.31 bits per heavy atom. The van der Waals surface area contributed by atoms with Gasteiger partial charge in [0.05, 0.1) is 23.6 Å². The van der Waals surface area contributed by atoms with Gasteiger partial charge in [0.1, 0.15) is 10.6 Å². The van der Waals surface area contributed by atoms with E-state index in [1.165, 1.54) is 17.5 Å². The molecule has 0 bridgehead atoms. The van der Waals surface area contributed by atoms with Crippen LogP contribution in [0.2, 0.25) is 0 Å². The Bertz CT molecular complexity index is 815. The zero-order valence-electron chi connectivity index (χ0n) is 14.8. The van der Waals surface area contributed by atoms with Crippen molar-refractivity contribution in [3.63, 3.8) is 0 Å². The molecule has 2 N–H and O–H groups in total. The minimum atomic E-state index is -3.89. The van der Waals surface area contributed by atoms with Crippen molar-refractivity contribution < 1.29 is 22.9 Å². The second-order valence-corrected chi connectivity index (χ2v) is 8.31. The lowest BCUT2D eigenvalue weighted by molar-refractivity contribution is -0.385. The van der Waals surface area contributed by atoms with Gasteiger partial charge in [0.25, 0.3) is 5.69 Å². The van der Waals surface area contributed by atoms with E-state index in [1.807, 2.05) is 4.90 Å². The molecule has 1 saturated heterocycles. The summed E-state index contributed by atoms with van der Waals surface area (Å²) >= 11 is 0. The number of piperazine rings is 1. The summed E-state index contributed by atoms with van der Waals surface area (Å²) in [6.07, 6.45) is 0. The minimum Gasteiger partial charge on any atom is -0.495 e. The summed E-state index contributed by atoms with van der Waals surface area (Å²) in [5, 5.41) is 10.9. The maximum absolute atomic E-state index is 12.9. The van der Waals surface area contributed by atoms with Crippen LogP contribution >= 0.6 is 0 Å². The molecular formula is C15H22N4O6S. The molecule has 0 aromatic heterocycles. The first-order valence-electron chi connectivity index (χ1n) is 7.89. The first-order valence-corrected chi connectivity index (χ1v) is 9.33. The third-order valence-corrected chi connectivity index (χ3v) is 6.55.